The van der Waals surface area contributed by atoms with Crippen molar-refractivity contribution in [3.63, 3.8) is 0 Å². The lowest BCUT2D eigenvalue weighted by atomic mass is 10.2. The van der Waals surface area contributed by atoms with Crippen molar-refractivity contribution in [2.24, 2.45) is 5.92 Å². The molecule has 5 nitrogen and oxygen atoms in total. The maximum absolute atomic E-state index is 12.7. The third kappa shape index (κ3) is 9.83. The number of carboxylic acid groups (broad SMARTS) is 1. The first-order valence-electron chi connectivity index (χ1n) is 7.50. The standard InChI is InChI=1S/C15H30NO4P/c1-6-20-21(19,11-13(2)3)12-14(15(17)18)9-7-8-10-16(4)5/h9,13H,6-8,10-12H2,1-5H3,(H,17,18)/b14-9+. The fourth-order valence-electron chi connectivity index (χ4n) is 2.12. The molecule has 6 heteroatoms. The van der Waals surface area contributed by atoms with Crippen LogP contribution in [0.3, 0.4) is 0 Å². The largest absolute Gasteiger partial charge is 0.478 e. The van der Waals surface area contributed by atoms with Crippen molar-refractivity contribution in [2.45, 2.75) is 33.6 Å². The highest BCUT2D eigenvalue weighted by Gasteiger charge is 2.27. The molecule has 0 rings (SSSR count). The zero-order valence-corrected chi connectivity index (χ0v) is 14.9. The SMILES string of the molecule is CCOP(=O)(C/C(=C\CCCN(C)C)C(=O)O)CC(C)C. The molecule has 0 radical (unpaired) electrons. The minimum Gasteiger partial charge on any atom is -0.478 e. The molecule has 0 aromatic carbocycles. The number of unbranched alkanes of at least 4 members (excludes halogenated alkanes) is 1. The Balaban J connectivity index is 4.82. The number of allylic oxidation sites excluding steroid dienone is 1. The van der Waals surface area contributed by atoms with Crippen LogP contribution in [0.15, 0.2) is 11.6 Å². The second-order valence-corrected chi connectivity index (χ2v) is 8.52. The summed E-state index contributed by atoms with van der Waals surface area (Å²) in [5.41, 5.74) is 0.214. The van der Waals surface area contributed by atoms with Crippen molar-refractivity contribution in [3.05, 3.63) is 11.6 Å². The van der Waals surface area contributed by atoms with Gasteiger partial charge in [-0.3, -0.25) is 4.57 Å². The van der Waals surface area contributed by atoms with Crippen LogP contribution >= 0.6 is 7.37 Å². The molecule has 0 aromatic rings. The summed E-state index contributed by atoms with van der Waals surface area (Å²) in [5, 5.41) is 9.29. The number of hydrogen-bond acceptors (Lipinski definition) is 4. The van der Waals surface area contributed by atoms with Gasteiger partial charge in [0.25, 0.3) is 0 Å². The van der Waals surface area contributed by atoms with Crippen molar-refractivity contribution in [2.75, 3.05) is 39.6 Å². The summed E-state index contributed by atoms with van der Waals surface area (Å²) in [5.74, 6) is -0.783. The first-order valence-corrected chi connectivity index (χ1v) is 9.49. The monoisotopic (exact) mass is 319 g/mol. The third-order valence-electron chi connectivity index (χ3n) is 2.89. The molecule has 124 valence electrons. The Morgan fingerprint density at radius 1 is 1.38 bits per heavy atom. The molecule has 0 aliphatic carbocycles. The maximum atomic E-state index is 12.7. The molecule has 1 atom stereocenters. The smallest absolute Gasteiger partial charge is 0.331 e. The van der Waals surface area contributed by atoms with E-state index in [1.165, 1.54) is 0 Å². The fraction of sp³-hybridized carbons (Fsp3) is 0.800. The molecule has 0 bridgehead atoms. The van der Waals surface area contributed by atoms with Crippen LogP contribution in [-0.2, 0) is 13.9 Å². The van der Waals surface area contributed by atoms with Crippen molar-refractivity contribution in [1.82, 2.24) is 4.90 Å². The predicted octanol–water partition coefficient (Wildman–Crippen LogP) is 3.31. The average Bonchev–Trinajstić information content (AvgIpc) is 2.31. The van der Waals surface area contributed by atoms with E-state index in [9.17, 15) is 14.5 Å². The zero-order chi connectivity index (χ0) is 16.5. The summed E-state index contributed by atoms with van der Waals surface area (Å²) < 4.78 is 18.2. The molecule has 1 N–H and O–H groups in total. The van der Waals surface area contributed by atoms with Crippen LogP contribution in [0, 0.1) is 5.92 Å². The minimum atomic E-state index is -2.91. The molecular formula is C15H30NO4P. The van der Waals surface area contributed by atoms with E-state index >= 15 is 0 Å². The van der Waals surface area contributed by atoms with Crippen LogP contribution < -0.4 is 0 Å². The quantitative estimate of drug-likeness (QED) is 0.359. The van der Waals surface area contributed by atoms with E-state index in [2.05, 4.69) is 4.90 Å². The molecule has 0 saturated heterocycles. The molecule has 1 unspecified atom stereocenters. The molecule has 21 heavy (non-hydrogen) atoms. The van der Waals surface area contributed by atoms with E-state index in [0.29, 0.717) is 19.2 Å². The second kappa shape index (κ2) is 10.1. The minimum absolute atomic E-state index is 0.0241. The van der Waals surface area contributed by atoms with Crippen LogP contribution in [0.5, 0.6) is 0 Å². The first kappa shape index (κ1) is 20.4. The maximum Gasteiger partial charge on any atom is 0.331 e. The van der Waals surface area contributed by atoms with Crippen molar-refractivity contribution >= 4 is 13.3 Å². The van der Waals surface area contributed by atoms with Crippen molar-refractivity contribution in [3.8, 4) is 0 Å². The van der Waals surface area contributed by atoms with E-state index < -0.39 is 13.3 Å². The Bertz CT molecular complexity index is 391. The number of rotatable bonds is 11. The molecule has 0 aliphatic heterocycles. The van der Waals surface area contributed by atoms with E-state index in [4.69, 9.17) is 4.52 Å². The topological polar surface area (TPSA) is 66.8 Å². The van der Waals surface area contributed by atoms with E-state index in [1.54, 1.807) is 13.0 Å². The molecule has 0 spiro atoms. The van der Waals surface area contributed by atoms with Gasteiger partial charge in [0.05, 0.1) is 12.8 Å². The lowest BCUT2D eigenvalue weighted by Gasteiger charge is -2.20. The zero-order valence-electron chi connectivity index (χ0n) is 14.0. The van der Waals surface area contributed by atoms with Gasteiger partial charge in [-0.2, -0.15) is 0 Å². The average molecular weight is 319 g/mol. The van der Waals surface area contributed by atoms with Crippen LogP contribution in [-0.4, -0.2) is 55.5 Å². The van der Waals surface area contributed by atoms with Gasteiger partial charge >= 0.3 is 5.97 Å². The summed E-state index contributed by atoms with van der Waals surface area (Å²) in [4.78, 5) is 13.4. The predicted molar refractivity (Wildman–Crippen MR) is 87.3 cm³/mol. The number of carbonyl (C=O) groups is 1. The Labute approximate surface area is 128 Å². The second-order valence-electron chi connectivity index (χ2n) is 5.95. The Morgan fingerprint density at radius 2 is 2.00 bits per heavy atom. The highest BCUT2D eigenvalue weighted by atomic mass is 31.2. The van der Waals surface area contributed by atoms with E-state index in [1.807, 2.05) is 27.9 Å². The Kier molecular flexibility index (Phi) is 9.84. The summed E-state index contributed by atoms with van der Waals surface area (Å²) in [6.07, 6.45) is 3.69. The Hall–Kier alpha value is -0.640. The molecule has 0 aliphatic rings. The third-order valence-corrected chi connectivity index (χ3v) is 5.73. The lowest BCUT2D eigenvalue weighted by Crippen LogP contribution is -2.13. The highest BCUT2D eigenvalue weighted by Crippen LogP contribution is 2.50. The van der Waals surface area contributed by atoms with E-state index in [-0.39, 0.29) is 17.7 Å². The van der Waals surface area contributed by atoms with Crippen LogP contribution in [0.4, 0.5) is 0 Å². The van der Waals surface area contributed by atoms with Gasteiger partial charge in [-0.15, -0.1) is 0 Å². The Morgan fingerprint density at radius 3 is 2.43 bits per heavy atom. The molecule has 0 aromatic heterocycles. The van der Waals surface area contributed by atoms with Gasteiger partial charge in [0.1, 0.15) is 0 Å². The van der Waals surface area contributed by atoms with Gasteiger partial charge in [0, 0.05) is 11.7 Å². The van der Waals surface area contributed by atoms with Crippen molar-refractivity contribution < 1.29 is 19.0 Å². The molecular weight excluding hydrogens is 289 g/mol. The van der Waals surface area contributed by atoms with E-state index in [0.717, 1.165) is 13.0 Å². The fourth-order valence-corrected chi connectivity index (χ4v) is 4.81. The summed E-state index contributed by atoms with van der Waals surface area (Å²) in [6.45, 7) is 6.96. The summed E-state index contributed by atoms with van der Waals surface area (Å²) in [6, 6.07) is 0. The molecule has 0 fully saturated rings. The highest BCUT2D eigenvalue weighted by molar-refractivity contribution is 7.59. The van der Waals surface area contributed by atoms with Crippen LogP contribution in [0.1, 0.15) is 33.6 Å². The van der Waals surface area contributed by atoms with Gasteiger partial charge in [-0.05, 0) is 46.3 Å². The van der Waals surface area contributed by atoms with Gasteiger partial charge < -0.3 is 14.5 Å². The lowest BCUT2D eigenvalue weighted by molar-refractivity contribution is -0.132. The van der Waals surface area contributed by atoms with Crippen LogP contribution in [0.25, 0.3) is 0 Å². The van der Waals surface area contributed by atoms with Crippen molar-refractivity contribution in [1.29, 1.82) is 0 Å². The van der Waals surface area contributed by atoms with Gasteiger partial charge in [-0.1, -0.05) is 19.9 Å². The number of aliphatic carboxylic acids is 1. The number of hydrogen-bond donors (Lipinski definition) is 1. The van der Waals surface area contributed by atoms with Crippen LogP contribution in [0.2, 0.25) is 0 Å². The molecule has 0 amide bonds. The molecule has 0 heterocycles. The summed E-state index contributed by atoms with van der Waals surface area (Å²) >= 11 is 0. The molecule has 0 saturated carbocycles. The van der Waals surface area contributed by atoms with Gasteiger partial charge in [0.15, 0.2) is 0 Å². The normalized spacial score (nSPS) is 15.5. The van der Waals surface area contributed by atoms with Gasteiger partial charge in [-0.25, -0.2) is 4.79 Å². The number of nitrogens with zero attached hydrogens (tertiary/aromatic N) is 1. The summed E-state index contributed by atoms with van der Waals surface area (Å²) in [7, 11) is 1.05. The number of carboxylic acids is 1. The first-order chi connectivity index (χ1) is 9.70. The van der Waals surface area contributed by atoms with Gasteiger partial charge in [0.2, 0.25) is 7.37 Å².